The number of ether oxygens (including phenoxy) is 1. The van der Waals surface area contributed by atoms with E-state index in [-0.39, 0.29) is 6.04 Å². The molecule has 0 radical (unpaired) electrons. The first-order valence-corrected chi connectivity index (χ1v) is 12.4. The zero-order valence-electron chi connectivity index (χ0n) is 18.4. The highest BCUT2D eigenvalue weighted by molar-refractivity contribution is 9.10. The minimum absolute atomic E-state index is 0.180. The van der Waals surface area contributed by atoms with Crippen LogP contribution >= 0.6 is 39.1 Å². The summed E-state index contributed by atoms with van der Waals surface area (Å²) in [5, 5.41) is 13.3. The zero-order valence-corrected chi connectivity index (χ0v) is 21.5. The topological polar surface area (TPSA) is 32.7 Å². The normalized spacial score (nSPS) is 19.6. The van der Waals surface area contributed by atoms with Gasteiger partial charge in [-0.15, -0.1) is 0 Å². The van der Waals surface area contributed by atoms with Crippen LogP contribution in [0.2, 0.25) is 10.0 Å². The molecule has 0 unspecified atom stereocenters. The average Bonchev–Trinajstić information content (AvgIpc) is 2.86. The van der Waals surface area contributed by atoms with Crippen molar-refractivity contribution in [3.63, 3.8) is 0 Å². The Balaban J connectivity index is 1.77. The number of halogens is 3. The molecule has 5 rings (SSSR count). The molecule has 0 aromatic heterocycles. The molecule has 1 heterocycles. The van der Waals surface area contributed by atoms with Crippen molar-refractivity contribution in [2.75, 3.05) is 12.0 Å². The molecule has 0 spiro atoms. The summed E-state index contributed by atoms with van der Waals surface area (Å²) in [4.78, 5) is 2.23. The minimum atomic E-state index is -1.23. The van der Waals surface area contributed by atoms with Crippen LogP contribution < -0.4 is 9.64 Å². The minimum Gasteiger partial charge on any atom is -0.497 e. The molecule has 4 aromatic rings. The molecule has 2 atom stereocenters. The number of anilines is 2. The maximum atomic E-state index is 12.3. The summed E-state index contributed by atoms with van der Waals surface area (Å²) in [6.45, 7) is 0. The molecule has 1 N–H and O–H groups in total. The molecule has 0 saturated heterocycles. The second-order valence-electron chi connectivity index (χ2n) is 8.35. The second kappa shape index (κ2) is 9.27. The van der Waals surface area contributed by atoms with Gasteiger partial charge in [0.25, 0.3) is 0 Å². The first kappa shape index (κ1) is 23.3. The van der Waals surface area contributed by atoms with Crippen LogP contribution in [0.3, 0.4) is 0 Å². The third kappa shape index (κ3) is 4.09. The van der Waals surface area contributed by atoms with Gasteiger partial charge in [0, 0.05) is 27.8 Å². The first-order valence-electron chi connectivity index (χ1n) is 10.9. The second-order valence-corrected chi connectivity index (χ2v) is 10.1. The van der Waals surface area contributed by atoms with E-state index in [0.717, 1.165) is 32.5 Å². The van der Waals surface area contributed by atoms with Crippen molar-refractivity contribution >= 4 is 50.5 Å². The van der Waals surface area contributed by atoms with Gasteiger partial charge in [-0.2, -0.15) is 0 Å². The van der Waals surface area contributed by atoms with E-state index in [1.807, 2.05) is 78.9 Å². The van der Waals surface area contributed by atoms with Crippen molar-refractivity contribution in [1.82, 2.24) is 0 Å². The van der Waals surface area contributed by atoms with Gasteiger partial charge in [-0.05, 0) is 59.7 Å². The molecule has 0 bridgehead atoms. The van der Waals surface area contributed by atoms with E-state index in [0.29, 0.717) is 22.2 Å². The Morgan fingerprint density at radius 1 is 0.912 bits per heavy atom. The van der Waals surface area contributed by atoms with Crippen molar-refractivity contribution in [3.05, 3.63) is 122 Å². The van der Waals surface area contributed by atoms with Gasteiger partial charge < -0.3 is 14.7 Å². The van der Waals surface area contributed by atoms with Gasteiger partial charge >= 0.3 is 0 Å². The molecule has 1 aliphatic heterocycles. The van der Waals surface area contributed by atoms with Crippen LogP contribution in [0, 0.1) is 0 Å². The number of benzene rings is 4. The highest BCUT2D eigenvalue weighted by Crippen LogP contribution is 2.53. The standard InChI is InChI=1S/C28H22BrCl2NO2/c1-34-22-9-5-7-19(15-22)28(33)17-27(18-6-4-8-20(29)14-18)32(26-11-3-2-10-23(26)28)21-12-13-24(30)25(31)16-21/h2-16,27,33H,17H2,1H3/t27-,28-/m0/s1. The molecular weight excluding hydrogens is 533 g/mol. The molecule has 1 aliphatic rings. The van der Waals surface area contributed by atoms with E-state index in [1.54, 1.807) is 7.11 Å². The lowest BCUT2D eigenvalue weighted by Crippen LogP contribution is -2.41. The number of methoxy groups -OCH3 is 1. The van der Waals surface area contributed by atoms with Crippen molar-refractivity contribution in [3.8, 4) is 5.75 Å². The van der Waals surface area contributed by atoms with Crippen LogP contribution in [0.25, 0.3) is 0 Å². The Labute approximate surface area is 217 Å². The molecule has 6 heteroatoms. The number of hydrogen-bond acceptors (Lipinski definition) is 3. The lowest BCUT2D eigenvalue weighted by molar-refractivity contribution is 0.0576. The van der Waals surface area contributed by atoms with E-state index in [4.69, 9.17) is 27.9 Å². The SMILES string of the molecule is COc1cccc([C@@]2(O)C[C@@H](c3cccc(Br)c3)N(c3ccc(Cl)c(Cl)c3)c3ccccc32)c1. The van der Waals surface area contributed by atoms with Gasteiger partial charge in [0.1, 0.15) is 11.4 Å². The van der Waals surface area contributed by atoms with Crippen LogP contribution in [-0.2, 0) is 5.60 Å². The number of aliphatic hydroxyl groups is 1. The van der Waals surface area contributed by atoms with Crippen molar-refractivity contribution in [2.24, 2.45) is 0 Å². The maximum Gasteiger partial charge on any atom is 0.119 e. The lowest BCUT2D eigenvalue weighted by Gasteiger charge is -2.47. The van der Waals surface area contributed by atoms with Crippen LogP contribution in [0.4, 0.5) is 11.4 Å². The van der Waals surface area contributed by atoms with Crippen molar-refractivity contribution in [1.29, 1.82) is 0 Å². The largest absolute Gasteiger partial charge is 0.497 e. The fourth-order valence-electron chi connectivity index (χ4n) is 4.77. The fraction of sp³-hybridized carbons (Fsp3) is 0.143. The highest BCUT2D eigenvalue weighted by atomic mass is 79.9. The van der Waals surface area contributed by atoms with Crippen molar-refractivity contribution < 1.29 is 9.84 Å². The molecule has 0 aliphatic carbocycles. The van der Waals surface area contributed by atoms with Gasteiger partial charge in [0.05, 0.1) is 23.2 Å². The number of fused-ring (bicyclic) bond motifs is 1. The summed E-state index contributed by atoms with van der Waals surface area (Å²) in [5.74, 6) is 0.703. The van der Waals surface area contributed by atoms with Crippen LogP contribution in [-0.4, -0.2) is 12.2 Å². The van der Waals surface area contributed by atoms with E-state index in [9.17, 15) is 5.11 Å². The van der Waals surface area contributed by atoms with Gasteiger partial charge in [0.2, 0.25) is 0 Å². The van der Waals surface area contributed by atoms with E-state index in [1.165, 1.54) is 0 Å². The summed E-state index contributed by atoms with van der Waals surface area (Å²) in [7, 11) is 1.63. The van der Waals surface area contributed by atoms with Crippen LogP contribution in [0.5, 0.6) is 5.75 Å². The summed E-state index contributed by atoms with van der Waals surface area (Å²) >= 11 is 16.3. The van der Waals surface area contributed by atoms with Crippen LogP contribution in [0.15, 0.2) is 95.5 Å². The molecule has 4 aromatic carbocycles. The molecule has 172 valence electrons. The molecular formula is C28H22BrCl2NO2. The summed E-state index contributed by atoms with van der Waals surface area (Å²) < 4.78 is 6.44. The van der Waals surface area contributed by atoms with E-state index < -0.39 is 5.60 Å². The number of hydrogen-bond donors (Lipinski definition) is 1. The van der Waals surface area contributed by atoms with Gasteiger partial charge in [0.15, 0.2) is 0 Å². The number of para-hydroxylation sites is 1. The zero-order chi connectivity index (χ0) is 23.9. The molecule has 0 fully saturated rings. The summed E-state index contributed by atoms with van der Waals surface area (Å²) in [6.07, 6.45) is 0.424. The Kier molecular flexibility index (Phi) is 6.34. The number of nitrogens with zero attached hydrogens (tertiary/aromatic N) is 1. The third-order valence-corrected chi connectivity index (χ3v) is 7.60. The molecule has 0 amide bonds. The lowest BCUT2D eigenvalue weighted by atomic mass is 9.75. The monoisotopic (exact) mass is 553 g/mol. The maximum absolute atomic E-state index is 12.3. The Bertz CT molecular complexity index is 1360. The smallest absolute Gasteiger partial charge is 0.119 e. The highest BCUT2D eigenvalue weighted by Gasteiger charge is 2.44. The van der Waals surface area contributed by atoms with E-state index >= 15 is 0 Å². The molecule has 0 saturated carbocycles. The van der Waals surface area contributed by atoms with Gasteiger partial charge in [-0.1, -0.05) is 81.6 Å². The Morgan fingerprint density at radius 3 is 2.47 bits per heavy atom. The predicted octanol–water partition coefficient (Wildman–Crippen LogP) is 8.28. The van der Waals surface area contributed by atoms with Crippen molar-refractivity contribution in [2.45, 2.75) is 18.1 Å². The predicted molar refractivity (Wildman–Crippen MR) is 143 cm³/mol. The fourth-order valence-corrected chi connectivity index (χ4v) is 5.48. The number of rotatable bonds is 4. The molecule has 3 nitrogen and oxygen atoms in total. The van der Waals surface area contributed by atoms with Gasteiger partial charge in [-0.3, -0.25) is 0 Å². The summed E-state index contributed by atoms with van der Waals surface area (Å²) in [6, 6.07) is 29.3. The summed E-state index contributed by atoms with van der Waals surface area (Å²) in [5.41, 5.74) is 3.25. The van der Waals surface area contributed by atoms with Gasteiger partial charge in [-0.25, -0.2) is 0 Å². The Morgan fingerprint density at radius 2 is 1.71 bits per heavy atom. The van der Waals surface area contributed by atoms with Crippen LogP contribution in [0.1, 0.15) is 29.2 Å². The average molecular weight is 555 g/mol. The third-order valence-electron chi connectivity index (χ3n) is 6.37. The Hall–Kier alpha value is -2.50. The quantitative estimate of drug-likeness (QED) is 0.275. The first-order chi connectivity index (χ1) is 16.4. The molecule has 34 heavy (non-hydrogen) atoms. The van der Waals surface area contributed by atoms with E-state index in [2.05, 4.69) is 33.0 Å².